The minimum atomic E-state index is -0.710. The van der Waals surface area contributed by atoms with Gasteiger partial charge in [-0.05, 0) is 26.7 Å². The van der Waals surface area contributed by atoms with Crippen LogP contribution in [0.25, 0.3) is 0 Å². The van der Waals surface area contributed by atoms with E-state index in [1.165, 1.54) is 0 Å². The van der Waals surface area contributed by atoms with Crippen LogP contribution in [0.5, 0.6) is 0 Å². The van der Waals surface area contributed by atoms with Crippen molar-refractivity contribution >= 4 is 5.91 Å². The summed E-state index contributed by atoms with van der Waals surface area (Å²) in [5, 5.41) is 9.47. The standard InChI is InChI=1S/C15H25N3O/c1-13(2)17-8-10-18(11-9-17)14(19)15(12-16)6-4-3-5-7-15/h13H,3-11H2,1-2H3. The predicted octanol–water partition coefficient (Wildman–Crippen LogP) is 2.01. The second-order valence-corrected chi connectivity index (χ2v) is 6.18. The Balaban J connectivity index is 1.98. The van der Waals surface area contributed by atoms with Gasteiger partial charge >= 0.3 is 0 Å². The number of nitriles is 1. The molecule has 0 N–H and O–H groups in total. The number of hydrogen-bond donors (Lipinski definition) is 0. The second-order valence-electron chi connectivity index (χ2n) is 6.18. The number of rotatable bonds is 2. The number of hydrogen-bond acceptors (Lipinski definition) is 3. The molecule has 4 heteroatoms. The fourth-order valence-corrected chi connectivity index (χ4v) is 3.27. The fraction of sp³-hybridized carbons (Fsp3) is 0.867. The van der Waals surface area contributed by atoms with Gasteiger partial charge in [0.1, 0.15) is 5.41 Å². The van der Waals surface area contributed by atoms with Crippen LogP contribution in [0.1, 0.15) is 46.0 Å². The highest BCUT2D eigenvalue weighted by Crippen LogP contribution is 2.37. The van der Waals surface area contributed by atoms with Crippen molar-refractivity contribution < 1.29 is 4.79 Å². The Labute approximate surface area is 116 Å². The van der Waals surface area contributed by atoms with E-state index in [2.05, 4.69) is 24.8 Å². The van der Waals surface area contributed by atoms with E-state index in [9.17, 15) is 10.1 Å². The van der Waals surface area contributed by atoms with E-state index in [0.29, 0.717) is 6.04 Å². The van der Waals surface area contributed by atoms with Crippen molar-refractivity contribution in [1.29, 1.82) is 5.26 Å². The van der Waals surface area contributed by atoms with Gasteiger partial charge in [-0.15, -0.1) is 0 Å². The summed E-state index contributed by atoms with van der Waals surface area (Å²) < 4.78 is 0. The Morgan fingerprint density at radius 2 is 1.68 bits per heavy atom. The molecule has 1 saturated carbocycles. The Hall–Kier alpha value is -1.08. The molecule has 2 fully saturated rings. The minimum Gasteiger partial charge on any atom is -0.339 e. The average molecular weight is 263 g/mol. The predicted molar refractivity (Wildman–Crippen MR) is 74.4 cm³/mol. The number of carbonyl (C=O) groups is 1. The van der Waals surface area contributed by atoms with Crippen molar-refractivity contribution in [2.45, 2.75) is 52.0 Å². The monoisotopic (exact) mass is 263 g/mol. The number of nitrogens with zero attached hydrogens (tertiary/aromatic N) is 3. The zero-order valence-electron chi connectivity index (χ0n) is 12.2. The van der Waals surface area contributed by atoms with Crippen molar-refractivity contribution in [3.63, 3.8) is 0 Å². The third kappa shape index (κ3) is 2.92. The third-order valence-electron chi connectivity index (χ3n) is 4.66. The molecule has 1 heterocycles. The van der Waals surface area contributed by atoms with Crippen LogP contribution in [-0.2, 0) is 4.79 Å². The van der Waals surface area contributed by atoms with E-state index in [1.807, 2.05) is 4.90 Å². The van der Waals surface area contributed by atoms with Crippen molar-refractivity contribution in [2.75, 3.05) is 26.2 Å². The van der Waals surface area contributed by atoms with E-state index in [0.717, 1.165) is 58.3 Å². The lowest BCUT2D eigenvalue weighted by molar-refractivity contribution is -0.142. The molecule has 2 aliphatic rings. The van der Waals surface area contributed by atoms with Gasteiger partial charge in [-0.2, -0.15) is 5.26 Å². The summed E-state index contributed by atoms with van der Waals surface area (Å²) in [6, 6.07) is 2.88. The summed E-state index contributed by atoms with van der Waals surface area (Å²) >= 11 is 0. The van der Waals surface area contributed by atoms with E-state index < -0.39 is 5.41 Å². The molecular weight excluding hydrogens is 238 g/mol. The Kier molecular flexibility index (Phi) is 4.46. The van der Waals surface area contributed by atoms with Crippen LogP contribution in [0, 0.1) is 16.7 Å². The van der Waals surface area contributed by atoms with Crippen LogP contribution < -0.4 is 0 Å². The van der Waals surface area contributed by atoms with Crippen LogP contribution in [0.4, 0.5) is 0 Å². The van der Waals surface area contributed by atoms with Gasteiger partial charge in [-0.3, -0.25) is 9.69 Å². The zero-order valence-corrected chi connectivity index (χ0v) is 12.2. The highest BCUT2D eigenvalue weighted by atomic mass is 16.2. The van der Waals surface area contributed by atoms with Gasteiger partial charge in [0.05, 0.1) is 6.07 Å². The largest absolute Gasteiger partial charge is 0.339 e. The molecule has 1 amide bonds. The summed E-state index contributed by atoms with van der Waals surface area (Å²) in [4.78, 5) is 17.0. The SMILES string of the molecule is CC(C)N1CCN(C(=O)C2(C#N)CCCCC2)CC1. The molecule has 0 aromatic rings. The van der Waals surface area contributed by atoms with Crippen LogP contribution in [0.3, 0.4) is 0 Å². The van der Waals surface area contributed by atoms with Gasteiger partial charge in [-0.25, -0.2) is 0 Å². The molecule has 1 aliphatic heterocycles. The van der Waals surface area contributed by atoms with E-state index in [1.54, 1.807) is 0 Å². The van der Waals surface area contributed by atoms with E-state index >= 15 is 0 Å². The Bertz CT molecular complexity index is 358. The molecule has 0 unspecified atom stereocenters. The van der Waals surface area contributed by atoms with Crippen LogP contribution in [0.2, 0.25) is 0 Å². The lowest BCUT2D eigenvalue weighted by Gasteiger charge is -2.41. The molecule has 0 radical (unpaired) electrons. The molecule has 0 spiro atoms. The summed E-state index contributed by atoms with van der Waals surface area (Å²) in [5.41, 5.74) is -0.710. The van der Waals surface area contributed by atoms with E-state index in [-0.39, 0.29) is 5.91 Å². The maximum absolute atomic E-state index is 12.7. The minimum absolute atomic E-state index is 0.0955. The molecule has 0 bridgehead atoms. The first-order valence-electron chi connectivity index (χ1n) is 7.54. The zero-order chi connectivity index (χ0) is 13.9. The molecule has 2 rings (SSSR count). The van der Waals surface area contributed by atoms with Gasteiger partial charge in [-0.1, -0.05) is 19.3 Å². The summed E-state index contributed by atoms with van der Waals surface area (Å²) in [7, 11) is 0. The molecule has 106 valence electrons. The fourth-order valence-electron chi connectivity index (χ4n) is 3.27. The number of carbonyl (C=O) groups excluding carboxylic acids is 1. The van der Waals surface area contributed by atoms with Gasteiger partial charge < -0.3 is 4.90 Å². The van der Waals surface area contributed by atoms with Gasteiger partial charge in [0.2, 0.25) is 5.91 Å². The van der Waals surface area contributed by atoms with Crippen molar-refractivity contribution in [2.24, 2.45) is 5.41 Å². The Morgan fingerprint density at radius 1 is 1.11 bits per heavy atom. The molecule has 0 aromatic heterocycles. The number of piperazine rings is 1. The first kappa shape index (κ1) is 14.3. The molecule has 0 atom stereocenters. The first-order chi connectivity index (χ1) is 9.09. The Morgan fingerprint density at radius 3 is 2.16 bits per heavy atom. The average Bonchev–Trinajstić information content (AvgIpc) is 2.47. The summed E-state index contributed by atoms with van der Waals surface area (Å²) in [5.74, 6) is 0.0955. The van der Waals surface area contributed by atoms with Gasteiger partial charge in [0.25, 0.3) is 0 Å². The molecule has 1 saturated heterocycles. The normalized spacial score (nSPS) is 24.2. The van der Waals surface area contributed by atoms with Crippen LogP contribution >= 0.6 is 0 Å². The lowest BCUT2D eigenvalue weighted by Crippen LogP contribution is -2.54. The molecule has 1 aliphatic carbocycles. The molecular formula is C15H25N3O. The lowest BCUT2D eigenvalue weighted by atomic mass is 9.74. The molecule has 4 nitrogen and oxygen atoms in total. The maximum Gasteiger partial charge on any atom is 0.243 e. The van der Waals surface area contributed by atoms with Crippen molar-refractivity contribution in [1.82, 2.24) is 9.80 Å². The quantitative estimate of drug-likeness (QED) is 0.765. The maximum atomic E-state index is 12.7. The smallest absolute Gasteiger partial charge is 0.243 e. The summed E-state index contributed by atoms with van der Waals surface area (Å²) in [6.07, 6.45) is 4.72. The van der Waals surface area contributed by atoms with Gasteiger partial charge in [0, 0.05) is 32.2 Å². The second kappa shape index (κ2) is 5.92. The van der Waals surface area contributed by atoms with Crippen LogP contribution in [0.15, 0.2) is 0 Å². The topological polar surface area (TPSA) is 47.3 Å². The first-order valence-corrected chi connectivity index (χ1v) is 7.54. The highest BCUT2D eigenvalue weighted by Gasteiger charge is 2.43. The highest BCUT2D eigenvalue weighted by molar-refractivity contribution is 5.85. The molecule has 0 aromatic carbocycles. The van der Waals surface area contributed by atoms with Gasteiger partial charge in [0.15, 0.2) is 0 Å². The number of amides is 1. The van der Waals surface area contributed by atoms with E-state index in [4.69, 9.17) is 0 Å². The van der Waals surface area contributed by atoms with Crippen LogP contribution in [-0.4, -0.2) is 47.9 Å². The molecule has 19 heavy (non-hydrogen) atoms. The van der Waals surface area contributed by atoms with Crippen molar-refractivity contribution in [3.8, 4) is 6.07 Å². The van der Waals surface area contributed by atoms with Crippen molar-refractivity contribution in [3.05, 3.63) is 0 Å². The third-order valence-corrected chi connectivity index (χ3v) is 4.66. The summed E-state index contributed by atoms with van der Waals surface area (Å²) in [6.45, 7) is 7.81.